The summed E-state index contributed by atoms with van der Waals surface area (Å²) in [6.07, 6.45) is 1.88. The van der Waals surface area contributed by atoms with Crippen molar-refractivity contribution in [3.63, 3.8) is 0 Å². The van der Waals surface area contributed by atoms with Crippen molar-refractivity contribution in [1.82, 2.24) is 10.1 Å². The fraction of sp³-hybridized carbons (Fsp3) is 0.412. The van der Waals surface area contributed by atoms with Crippen LogP contribution in [0.5, 0.6) is 11.5 Å². The zero-order chi connectivity index (χ0) is 16.5. The Hall–Kier alpha value is -2.70. The van der Waals surface area contributed by atoms with Gasteiger partial charge in [-0.05, 0) is 37.5 Å². The molecule has 0 radical (unpaired) electrons. The molecule has 2 amide bonds. The number of nitrogens with zero attached hydrogens (tertiary/aromatic N) is 2. The highest BCUT2D eigenvalue weighted by Crippen LogP contribution is 2.38. The lowest BCUT2D eigenvalue weighted by molar-refractivity contribution is 0.170. The molecule has 2 aromatic rings. The molecule has 1 saturated heterocycles. The summed E-state index contributed by atoms with van der Waals surface area (Å²) < 4.78 is 16.2. The van der Waals surface area contributed by atoms with Crippen molar-refractivity contribution in [2.24, 2.45) is 0 Å². The molecule has 0 saturated carbocycles. The Kier molecular flexibility index (Phi) is 3.76. The Labute approximate surface area is 139 Å². The van der Waals surface area contributed by atoms with Gasteiger partial charge in [0.05, 0.1) is 6.04 Å². The summed E-state index contributed by atoms with van der Waals surface area (Å²) in [6.45, 7) is 3.62. The lowest BCUT2D eigenvalue weighted by Crippen LogP contribution is -2.34. The Morgan fingerprint density at radius 3 is 2.88 bits per heavy atom. The number of fused-ring (bicyclic) bond motifs is 1. The van der Waals surface area contributed by atoms with Crippen LogP contribution in [0.15, 0.2) is 28.8 Å². The number of ether oxygens (including phenoxy) is 2. The zero-order valence-electron chi connectivity index (χ0n) is 13.4. The van der Waals surface area contributed by atoms with Gasteiger partial charge in [-0.15, -0.1) is 0 Å². The first-order valence-corrected chi connectivity index (χ1v) is 8.11. The van der Waals surface area contributed by atoms with Gasteiger partial charge in [-0.3, -0.25) is 5.32 Å². The molecule has 1 aromatic heterocycles. The van der Waals surface area contributed by atoms with E-state index in [9.17, 15) is 4.79 Å². The number of anilines is 1. The topological polar surface area (TPSA) is 76.8 Å². The first-order chi connectivity index (χ1) is 11.7. The predicted molar refractivity (Wildman–Crippen MR) is 86.4 cm³/mol. The average Bonchev–Trinajstić information content (AvgIpc) is 3.23. The van der Waals surface area contributed by atoms with Crippen LogP contribution in [0.1, 0.15) is 30.2 Å². The maximum absolute atomic E-state index is 12.6. The van der Waals surface area contributed by atoms with Crippen LogP contribution in [-0.4, -0.2) is 35.8 Å². The third-order valence-corrected chi connectivity index (χ3v) is 4.33. The van der Waals surface area contributed by atoms with Crippen LogP contribution in [0, 0.1) is 6.92 Å². The highest BCUT2D eigenvalue weighted by molar-refractivity contribution is 5.88. The Morgan fingerprint density at radius 1 is 1.25 bits per heavy atom. The van der Waals surface area contributed by atoms with Crippen LogP contribution in [0.25, 0.3) is 0 Å². The van der Waals surface area contributed by atoms with Crippen molar-refractivity contribution in [2.45, 2.75) is 25.8 Å². The standard InChI is InChI=1S/C17H19N3O4/c1-11-9-16(19-24-11)18-17(21)20-6-2-3-13(20)12-4-5-14-15(10-12)23-8-7-22-14/h4-5,9-10,13H,2-3,6-8H2,1H3,(H,18,19,21)/t13-/m1/s1. The third kappa shape index (κ3) is 2.77. The number of hydrogen-bond donors (Lipinski definition) is 1. The summed E-state index contributed by atoms with van der Waals surface area (Å²) in [5.41, 5.74) is 1.06. The van der Waals surface area contributed by atoms with Gasteiger partial charge in [-0.2, -0.15) is 0 Å². The van der Waals surface area contributed by atoms with Crippen LogP contribution in [0.2, 0.25) is 0 Å². The second-order valence-corrected chi connectivity index (χ2v) is 6.01. The molecule has 1 N–H and O–H groups in total. The molecular formula is C17H19N3O4. The zero-order valence-corrected chi connectivity index (χ0v) is 13.4. The molecule has 4 rings (SSSR count). The van der Waals surface area contributed by atoms with Gasteiger partial charge < -0.3 is 18.9 Å². The van der Waals surface area contributed by atoms with Crippen molar-refractivity contribution in [3.05, 3.63) is 35.6 Å². The molecule has 0 bridgehead atoms. The van der Waals surface area contributed by atoms with E-state index < -0.39 is 0 Å². The van der Waals surface area contributed by atoms with Crippen molar-refractivity contribution >= 4 is 11.8 Å². The van der Waals surface area contributed by atoms with Crippen molar-refractivity contribution < 1.29 is 18.8 Å². The van der Waals surface area contributed by atoms with E-state index in [1.54, 1.807) is 13.0 Å². The summed E-state index contributed by atoms with van der Waals surface area (Å²) in [4.78, 5) is 14.4. The molecular weight excluding hydrogens is 310 g/mol. The van der Waals surface area contributed by atoms with Crippen LogP contribution in [0.4, 0.5) is 10.6 Å². The minimum Gasteiger partial charge on any atom is -0.486 e. The van der Waals surface area contributed by atoms with Gasteiger partial charge in [0.15, 0.2) is 17.3 Å². The second kappa shape index (κ2) is 6.07. The maximum atomic E-state index is 12.6. The summed E-state index contributed by atoms with van der Waals surface area (Å²) >= 11 is 0. The number of aromatic nitrogens is 1. The Bertz CT molecular complexity index is 758. The summed E-state index contributed by atoms with van der Waals surface area (Å²) in [7, 11) is 0. The van der Waals surface area contributed by atoms with Crippen molar-refractivity contribution in [3.8, 4) is 11.5 Å². The quantitative estimate of drug-likeness (QED) is 0.916. The summed E-state index contributed by atoms with van der Waals surface area (Å²) in [6, 6.07) is 7.45. The fourth-order valence-corrected chi connectivity index (χ4v) is 3.23. The Morgan fingerprint density at radius 2 is 2.08 bits per heavy atom. The molecule has 1 atom stereocenters. The SMILES string of the molecule is Cc1cc(NC(=O)N2CCC[C@@H]2c2ccc3c(c2)OCCO3)no1. The first kappa shape index (κ1) is 14.9. The van der Waals surface area contributed by atoms with Gasteiger partial charge in [0.1, 0.15) is 19.0 Å². The van der Waals surface area contributed by atoms with E-state index in [4.69, 9.17) is 14.0 Å². The van der Waals surface area contributed by atoms with E-state index in [0.717, 1.165) is 29.9 Å². The number of benzene rings is 1. The van der Waals surface area contributed by atoms with Gasteiger partial charge in [0.25, 0.3) is 0 Å². The molecule has 2 aliphatic heterocycles. The fourth-order valence-electron chi connectivity index (χ4n) is 3.23. The minimum atomic E-state index is -0.166. The molecule has 0 unspecified atom stereocenters. The van der Waals surface area contributed by atoms with Crippen LogP contribution >= 0.6 is 0 Å². The molecule has 3 heterocycles. The number of nitrogens with one attached hydrogen (secondary N) is 1. The van der Waals surface area contributed by atoms with Gasteiger partial charge in [-0.1, -0.05) is 11.2 Å². The van der Waals surface area contributed by atoms with Crippen molar-refractivity contribution in [1.29, 1.82) is 0 Å². The van der Waals surface area contributed by atoms with E-state index in [1.165, 1.54) is 0 Å². The number of rotatable bonds is 2. The monoisotopic (exact) mass is 329 g/mol. The summed E-state index contributed by atoms with van der Waals surface area (Å²) in [5, 5.41) is 6.61. The highest BCUT2D eigenvalue weighted by Gasteiger charge is 2.31. The summed E-state index contributed by atoms with van der Waals surface area (Å²) in [5.74, 6) is 2.61. The van der Waals surface area contributed by atoms with Gasteiger partial charge >= 0.3 is 6.03 Å². The molecule has 24 heavy (non-hydrogen) atoms. The lowest BCUT2D eigenvalue weighted by atomic mass is 10.0. The molecule has 1 fully saturated rings. The first-order valence-electron chi connectivity index (χ1n) is 8.11. The number of amides is 2. The number of carbonyl (C=O) groups is 1. The third-order valence-electron chi connectivity index (χ3n) is 4.33. The number of likely N-dealkylation sites (tertiary alicyclic amines) is 1. The van der Waals surface area contributed by atoms with Crippen LogP contribution < -0.4 is 14.8 Å². The molecule has 0 spiro atoms. The number of urea groups is 1. The van der Waals surface area contributed by atoms with E-state index in [-0.39, 0.29) is 12.1 Å². The lowest BCUT2D eigenvalue weighted by Gasteiger charge is -2.26. The number of carbonyl (C=O) groups excluding carboxylic acids is 1. The van der Waals surface area contributed by atoms with Crippen molar-refractivity contribution in [2.75, 3.05) is 25.1 Å². The normalized spacial score (nSPS) is 19.4. The molecule has 0 aliphatic carbocycles. The average molecular weight is 329 g/mol. The number of hydrogen-bond acceptors (Lipinski definition) is 5. The molecule has 7 heteroatoms. The molecule has 126 valence electrons. The van der Waals surface area contributed by atoms with Crippen LogP contribution in [-0.2, 0) is 0 Å². The van der Waals surface area contributed by atoms with E-state index in [0.29, 0.717) is 31.3 Å². The smallest absolute Gasteiger partial charge is 0.323 e. The largest absolute Gasteiger partial charge is 0.486 e. The van der Waals surface area contributed by atoms with Gasteiger partial charge in [0, 0.05) is 12.6 Å². The maximum Gasteiger partial charge on any atom is 0.323 e. The molecule has 2 aliphatic rings. The van der Waals surface area contributed by atoms with E-state index >= 15 is 0 Å². The molecule has 7 nitrogen and oxygen atoms in total. The minimum absolute atomic E-state index is 0.0221. The number of aryl methyl sites for hydroxylation is 1. The predicted octanol–water partition coefficient (Wildman–Crippen LogP) is 3.12. The highest BCUT2D eigenvalue weighted by atomic mass is 16.6. The van der Waals surface area contributed by atoms with E-state index in [1.807, 2.05) is 23.1 Å². The van der Waals surface area contributed by atoms with Crippen LogP contribution in [0.3, 0.4) is 0 Å². The Balaban J connectivity index is 1.53. The molecule has 1 aromatic carbocycles. The van der Waals surface area contributed by atoms with Gasteiger partial charge in [-0.25, -0.2) is 4.79 Å². The van der Waals surface area contributed by atoms with E-state index in [2.05, 4.69) is 10.5 Å². The second-order valence-electron chi connectivity index (χ2n) is 6.01. The van der Waals surface area contributed by atoms with Gasteiger partial charge in [0.2, 0.25) is 0 Å².